The molecule has 27 heavy (non-hydrogen) atoms. The molecule has 1 fully saturated rings. The highest BCUT2D eigenvalue weighted by molar-refractivity contribution is 5.78. The third-order valence-electron chi connectivity index (χ3n) is 5.62. The first-order valence-electron chi connectivity index (χ1n) is 9.91. The summed E-state index contributed by atoms with van der Waals surface area (Å²) < 4.78 is 10.9. The van der Waals surface area contributed by atoms with E-state index in [4.69, 9.17) is 8.83 Å². The highest BCUT2D eigenvalue weighted by Gasteiger charge is 2.31. The van der Waals surface area contributed by atoms with Crippen molar-refractivity contribution in [2.24, 2.45) is 5.92 Å². The number of furan rings is 1. The molecule has 0 aliphatic carbocycles. The minimum atomic E-state index is -0.0539. The number of aromatic nitrogens is 1. The van der Waals surface area contributed by atoms with Crippen LogP contribution in [0.2, 0.25) is 0 Å². The maximum atomic E-state index is 12.5. The third-order valence-corrected chi connectivity index (χ3v) is 5.62. The topological polar surface area (TPSA) is 71.5 Å². The van der Waals surface area contributed by atoms with Gasteiger partial charge < -0.3 is 14.2 Å². The van der Waals surface area contributed by atoms with Gasteiger partial charge in [0.25, 0.3) is 5.89 Å². The molecule has 1 N–H and O–H groups in total. The zero-order valence-corrected chi connectivity index (χ0v) is 16.9. The van der Waals surface area contributed by atoms with Crippen LogP contribution in [0.3, 0.4) is 0 Å². The van der Waals surface area contributed by atoms with Gasteiger partial charge >= 0.3 is 0 Å². The molecule has 1 aliphatic rings. The number of carbonyl (C=O) groups is 1. The van der Waals surface area contributed by atoms with Crippen LogP contribution >= 0.6 is 0 Å². The molecule has 148 valence electrons. The van der Waals surface area contributed by atoms with E-state index < -0.39 is 0 Å². The molecule has 3 heterocycles. The zero-order valence-electron chi connectivity index (χ0n) is 16.9. The van der Waals surface area contributed by atoms with E-state index in [1.807, 2.05) is 6.92 Å². The van der Waals surface area contributed by atoms with Crippen LogP contribution in [-0.4, -0.2) is 41.0 Å². The summed E-state index contributed by atoms with van der Waals surface area (Å²) in [4.78, 5) is 19.4. The van der Waals surface area contributed by atoms with Crippen LogP contribution in [0.4, 0.5) is 0 Å². The second kappa shape index (κ2) is 8.30. The quantitative estimate of drug-likeness (QED) is 0.799. The molecule has 6 heteroatoms. The molecule has 2 aromatic heterocycles. The summed E-state index contributed by atoms with van der Waals surface area (Å²) in [6.45, 7) is 11.4. The van der Waals surface area contributed by atoms with Crippen LogP contribution in [0.1, 0.15) is 51.5 Å². The number of nitrogens with zero attached hydrogens (tertiary/aromatic N) is 2. The van der Waals surface area contributed by atoms with Crippen molar-refractivity contribution in [2.45, 2.75) is 58.9 Å². The molecule has 1 atom stereocenters. The Morgan fingerprint density at radius 3 is 2.96 bits per heavy atom. The van der Waals surface area contributed by atoms with Crippen LogP contribution in [0.15, 0.2) is 27.2 Å². The number of aryl methyl sites for hydroxylation is 1. The molecule has 1 saturated heterocycles. The molecule has 1 unspecified atom stereocenters. The predicted octanol–water partition coefficient (Wildman–Crippen LogP) is 3.80. The van der Waals surface area contributed by atoms with Gasteiger partial charge in [0.05, 0.1) is 18.4 Å². The second-order valence-electron chi connectivity index (χ2n) is 8.13. The van der Waals surface area contributed by atoms with E-state index in [0.717, 1.165) is 19.0 Å². The average molecular weight is 373 g/mol. The van der Waals surface area contributed by atoms with Crippen molar-refractivity contribution in [1.82, 2.24) is 15.2 Å². The SMILES string of the molecule is CCC1CCCN(C(C)(C)CNC(=O)Cc2nc(-c3ccco3)oc2C)C1. The van der Waals surface area contributed by atoms with Gasteiger partial charge in [-0.2, -0.15) is 0 Å². The number of likely N-dealkylation sites (tertiary alicyclic amines) is 1. The van der Waals surface area contributed by atoms with Gasteiger partial charge in [0.1, 0.15) is 5.76 Å². The fraction of sp³-hybridized carbons (Fsp3) is 0.619. The number of hydrogen-bond acceptors (Lipinski definition) is 5. The summed E-state index contributed by atoms with van der Waals surface area (Å²) in [5.41, 5.74) is 0.600. The van der Waals surface area contributed by atoms with Crippen molar-refractivity contribution >= 4 is 5.91 Å². The van der Waals surface area contributed by atoms with Gasteiger partial charge in [0.2, 0.25) is 5.91 Å². The fourth-order valence-corrected chi connectivity index (χ4v) is 3.69. The summed E-state index contributed by atoms with van der Waals surface area (Å²) in [7, 11) is 0. The van der Waals surface area contributed by atoms with Gasteiger partial charge in [-0.3, -0.25) is 9.69 Å². The van der Waals surface area contributed by atoms with E-state index in [-0.39, 0.29) is 17.9 Å². The molecule has 3 rings (SSSR count). The number of piperidine rings is 1. The van der Waals surface area contributed by atoms with Crippen molar-refractivity contribution < 1.29 is 13.6 Å². The monoisotopic (exact) mass is 373 g/mol. The second-order valence-corrected chi connectivity index (χ2v) is 8.13. The minimum Gasteiger partial charge on any atom is -0.459 e. The molecule has 1 aliphatic heterocycles. The summed E-state index contributed by atoms with van der Waals surface area (Å²) >= 11 is 0. The number of nitrogens with one attached hydrogen (secondary N) is 1. The predicted molar refractivity (Wildman–Crippen MR) is 104 cm³/mol. The standard InChI is InChI=1S/C21H31N3O3/c1-5-16-8-6-10-24(13-16)21(3,4)14-22-19(25)12-17-15(2)27-20(23-17)18-9-7-11-26-18/h7,9,11,16H,5-6,8,10,12-14H2,1-4H3,(H,22,25). The van der Waals surface area contributed by atoms with Crippen molar-refractivity contribution in [1.29, 1.82) is 0 Å². The van der Waals surface area contributed by atoms with Crippen LogP contribution in [-0.2, 0) is 11.2 Å². The number of carbonyl (C=O) groups excluding carboxylic acids is 1. The highest BCUT2D eigenvalue weighted by atomic mass is 16.4. The Morgan fingerprint density at radius 2 is 2.26 bits per heavy atom. The largest absolute Gasteiger partial charge is 0.459 e. The first-order valence-corrected chi connectivity index (χ1v) is 9.91. The van der Waals surface area contributed by atoms with E-state index in [0.29, 0.717) is 29.6 Å². The van der Waals surface area contributed by atoms with Gasteiger partial charge in [-0.1, -0.05) is 13.3 Å². The lowest BCUT2D eigenvalue weighted by atomic mass is 9.91. The minimum absolute atomic E-state index is 0.0329. The molecule has 0 saturated carbocycles. The van der Waals surface area contributed by atoms with E-state index in [2.05, 4.69) is 36.0 Å². The normalized spacial score (nSPS) is 18.6. The molecule has 0 bridgehead atoms. The lowest BCUT2D eigenvalue weighted by Gasteiger charge is -2.43. The van der Waals surface area contributed by atoms with Crippen LogP contribution < -0.4 is 5.32 Å². The molecular formula is C21H31N3O3. The highest BCUT2D eigenvalue weighted by Crippen LogP contribution is 2.26. The first-order chi connectivity index (χ1) is 12.9. The summed E-state index contributed by atoms with van der Waals surface area (Å²) in [5, 5.41) is 3.09. The Bertz CT molecular complexity index is 749. The Hall–Kier alpha value is -2.08. The maximum absolute atomic E-state index is 12.5. The number of amides is 1. The van der Waals surface area contributed by atoms with Crippen molar-refractivity contribution in [3.8, 4) is 11.7 Å². The van der Waals surface area contributed by atoms with E-state index in [1.54, 1.807) is 18.4 Å². The Kier molecular flexibility index (Phi) is 6.05. The maximum Gasteiger partial charge on any atom is 0.263 e. The number of oxazole rings is 1. The average Bonchev–Trinajstić information content (AvgIpc) is 3.31. The first kappa shape index (κ1) is 19.7. The van der Waals surface area contributed by atoms with Gasteiger partial charge in [-0.15, -0.1) is 0 Å². The van der Waals surface area contributed by atoms with Crippen molar-refractivity contribution in [2.75, 3.05) is 19.6 Å². The van der Waals surface area contributed by atoms with Gasteiger partial charge in [-0.25, -0.2) is 4.98 Å². The molecule has 0 radical (unpaired) electrons. The zero-order chi connectivity index (χ0) is 19.4. The number of hydrogen-bond donors (Lipinski definition) is 1. The van der Waals surface area contributed by atoms with Crippen LogP contribution in [0, 0.1) is 12.8 Å². The van der Waals surface area contributed by atoms with Crippen molar-refractivity contribution in [3.63, 3.8) is 0 Å². The number of rotatable bonds is 7. The Morgan fingerprint density at radius 1 is 1.44 bits per heavy atom. The Labute approximate surface area is 161 Å². The lowest BCUT2D eigenvalue weighted by Crippen LogP contribution is -2.55. The Balaban J connectivity index is 1.55. The van der Waals surface area contributed by atoms with Crippen molar-refractivity contribution in [3.05, 3.63) is 29.9 Å². The summed E-state index contributed by atoms with van der Waals surface area (Å²) in [6.07, 6.45) is 5.57. The molecule has 2 aromatic rings. The summed E-state index contributed by atoms with van der Waals surface area (Å²) in [6, 6.07) is 3.58. The van der Waals surface area contributed by atoms with E-state index in [9.17, 15) is 4.79 Å². The summed E-state index contributed by atoms with van der Waals surface area (Å²) in [5.74, 6) is 2.37. The van der Waals surface area contributed by atoms with Gasteiger partial charge in [0.15, 0.2) is 5.76 Å². The van der Waals surface area contributed by atoms with E-state index >= 15 is 0 Å². The lowest BCUT2D eigenvalue weighted by molar-refractivity contribution is -0.121. The fourth-order valence-electron chi connectivity index (χ4n) is 3.69. The molecular weight excluding hydrogens is 342 g/mol. The third kappa shape index (κ3) is 4.80. The van der Waals surface area contributed by atoms with Crippen LogP contribution in [0.5, 0.6) is 0 Å². The molecule has 0 aromatic carbocycles. The van der Waals surface area contributed by atoms with Gasteiger partial charge in [-0.05, 0) is 58.2 Å². The van der Waals surface area contributed by atoms with E-state index in [1.165, 1.54) is 19.3 Å². The molecule has 1 amide bonds. The molecule has 0 spiro atoms. The van der Waals surface area contributed by atoms with Gasteiger partial charge in [0, 0.05) is 18.6 Å². The smallest absolute Gasteiger partial charge is 0.263 e. The van der Waals surface area contributed by atoms with Crippen LogP contribution in [0.25, 0.3) is 11.7 Å². The molecule has 6 nitrogen and oxygen atoms in total.